The molecule has 1 amide bonds. The summed E-state index contributed by atoms with van der Waals surface area (Å²) in [6.07, 6.45) is 2.04. The molecule has 2 aromatic rings. The molecule has 0 aromatic heterocycles. The smallest absolute Gasteiger partial charge is 0.238 e. The van der Waals surface area contributed by atoms with Gasteiger partial charge in [0.05, 0.1) is 4.90 Å². The van der Waals surface area contributed by atoms with E-state index in [1.165, 1.54) is 18.2 Å². The van der Waals surface area contributed by atoms with Crippen LogP contribution in [-0.2, 0) is 27.7 Å². The zero-order valence-corrected chi connectivity index (χ0v) is 14.6. The standard InChI is InChI=1S/C18H21FN2O3S/c19-17-6-2-1-5-15(17)9-12-18(22)21-13-3-4-14-7-10-16(11-8-14)25(20,23)24/h1-2,5-8,10-11H,3-4,9,12-13H2,(H,21,22)(H2,20,23,24). The summed E-state index contributed by atoms with van der Waals surface area (Å²) in [6.45, 7) is 0.507. The molecule has 0 fully saturated rings. The summed E-state index contributed by atoms with van der Waals surface area (Å²) in [7, 11) is -3.67. The van der Waals surface area contributed by atoms with Crippen molar-refractivity contribution in [3.8, 4) is 0 Å². The fourth-order valence-electron chi connectivity index (χ4n) is 2.40. The van der Waals surface area contributed by atoms with Crippen LogP contribution in [0.5, 0.6) is 0 Å². The van der Waals surface area contributed by atoms with Gasteiger partial charge >= 0.3 is 0 Å². The van der Waals surface area contributed by atoms with E-state index in [2.05, 4.69) is 5.32 Å². The Balaban J connectivity index is 1.69. The molecule has 0 bridgehead atoms. The second-order valence-electron chi connectivity index (χ2n) is 5.73. The minimum Gasteiger partial charge on any atom is -0.356 e. The Kier molecular flexibility index (Phi) is 6.66. The van der Waals surface area contributed by atoms with E-state index >= 15 is 0 Å². The topological polar surface area (TPSA) is 89.3 Å². The number of nitrogens with two attached hydrogens (primary N) is 1. The summed E-state index contributed by atoms with van der Waals surface area (Å²) in [5.74, 6) is -0.411. The van der Waals surface area contributed by atoms with Gasteiger partial charge in [-0.05, 0) is 48.6 Å². The number of halogens is 1. The van der Waals surface area contributed by atoms with Crippen LogP contribution in [0.2, 0.25) is 0 Å². The third-order valence-electron chi connectivity index (χ3n) is 3.80. The second kappa shape index (κ2) is 8.73. The third-order valence-corrected chi connectivity index (χ3v) is 4.72. The van der Waals surface area contributed by atoms with Gasteiger partial charge in [-0.15, -0.1) is 0 Å². The summed E-state index contributed by atoms with van der Waals surface area (Å²) < 4.78 is 35.8. The maximum Gasteiger partial charge on any atom is 0.238 e. The van der Waals surface area contributed by atoms with Gasteiger partial charge < -0.3 is 5.32 Å². The number of aryl methyl sites for hydroxylation is 2. The van der Waals surface area contributed by atoms with Crippen molar-refractivity contribution in [1.82, 2.24) is 5.32 Å². The first-order valence-corrected chi connectivity index (χ1v) is 9.53. The van der Waals surface area contributed by atoms with Crippen LogP contribution in [0.15, 0.2) is 53.4 Å². The molecular formula is C18H21FN2O3S. The van der Waals surface area contributed by atoms with Crippen LogP contribution in [0.3, 0.4) is 0 Å². The van der Waals surface area contributed by atoms with Gasteiger partial charge in [-0.2, -0.15) is 0 Å². The van der Waals surface area contributed by atoms with Gasteiger partial charge in [0.15, 0.2) is 0 Å². The van der Waals surface area contributed by atoms with Gasteiger partial charge in [0.25, 0.3) is 0 Å². The molecule has 134 valence electrons. The maximum absolute atomic E-state index is 13.5. The molecular weight excluding hydrogens is 343 g/mol. The number of amides is 1. The molecule has 3 N–H and O–H groups in total. The van der Waals surface area contributed by atoms with E-state index in [1.807, 2.05) is 0 Å². The molecule has 0 unspecified atom stereocenters. The molecule has 5 nitrogen and oxygen atoms in total. The van der Waals surface area contributed by atoms with Crippen LogP contribution in [0, 0.1) is 5.82 Å². The van der Waals surface area contributed by atoms with E-state index in [9.17, 15) is 17.6 Å². The summed E-state index contributed by atoms with van der Waals surface area (Å²) in [4.78, 5) is 11.9. The van der Waals surface area contributed by atoms with Crippen molar-refractivity contribution in [2.75, 3.05) is 6.54 Å². The molecule has 0 radical (unpaired) electrons. The van der Waals surface area contributed by atoms with Gasteiger partial charge in [-0.25, -0.2) is 17.9 Å². The molecule has 2 aromatic carbocycles. The van der Waals surface area contributed by atoms with E-state index in [1.54, 1.807) is 30.3 Å². The number of sulfonamides is 1. The molecule has 25 heavy (non-hydrogen) atoms. The Bertz CT molecular complexity index is 820. The highest BCUT2D eigenvalue weighted by molar-refractivity contribution is 7.89. The zero-order chi connectivity index (χ0) is 18.3. The highest BCUT2D eigenvalue weighted by Gasteiger charge is 2.07. The van der Waals surface area contributed by atoms with Crippen LogP contribution in [-0.4, -0.2) is 20.9 Å². The highest BCUT2D eigenvalue weighted by Crippen LogP contribution is 2.10. The lowest BCUT2D eigenvalue weighted by atomic mass is 10.1. The van der Waals surface area contributed by atoms with E-state index in [0.717, 1.165) is 12.0 Å². The normalized spacial score (nSPS) is 11.3. The molecule has 0 saturated carbocycles. The van der Waals surface area contributed by atoms with Gasteiger partial charge in [0, 0.05) is 13.0 Å². The summed E-state index contributed by atoms with van der Waals surface area (Å²) >= 11 is 0. The highest BCUT2D eigenvalue weighted by atomic mass is 32.2. The van der Waals surface area contributed by atoms with Crippen molar-refractivity contribution in [2.24, 2.45) is 5.14 Å². The number of carbonyl (C=O) groups excluding carboxylic acids is 1. The van der Waals surface area contributed by atoms with E-state index in [0.29, 0.717) is 24.9 Å². The van der Waals surface area contributed by atoms with Crippen LogP contribution in [0.1, 0.15) is 24.0 Å². The minimum absolute atomic E-state index is 0.0812. The van der Waals surface area contributed by atoms with Crippen LogP contribution in [0.4, 0.5) is 4.39 Å². The average molecular weight is 364 g/mol. The number of hydrogen-bond donors (Lipinski definition) is 2. The molecule has 0 aliphatic carbocycles. The predicted octanol–water partition coefficient (Wildman–Crippen LogP) is 2.15. The minimum atomic E-state index is -3.67. The molecule has 2 rings (SSSR count). The fourth-order valence-corrected chi connectivity index (χ4v) is 2.92. The van der Waals surface area contributed by atoms with Crippen molar-refractivity contribution in [3.63, 3.8) is 0 Å². The number of rotatable bonds is 8. The van der Waals surface area contributed by atoms with Gasteiger partial charge in [0.1, 0.15) is 5.82 Å². The van der Waals surface area contributed by atoms with Crippen LogP contribution in [0.25, 0.3) is 0 Å². The summed E-state index contributed by atoms with van der Waals surface area (Å²) in [6, 6.07) is 12.8. The molecule has 0 aliphatic rings. The van der Waals surface area contributed by atoms with Crippen molar-refractivity contribution in [1.29, 1.82) is 0 Å². The van der Waals surface area contributed by atoms with Crippen LogP contribution < -0.4 is 10.5 Å². The molecule has 0 heterocycles. The fraction of sp³-hybridized carbons (Fsp3) is 0.278. The molecule has 0 aliphatic heterocycles. The lowest BCUT2D eigenvalue weighted by Gasteiger charge is -2.07. The van der Waals surface area contributed by atoms with E-state index in [-0.39, 0.29) is 23.0 Å². The maximum atomic E-state index is 13.5. The third kappa shape index (κ3) is 6.28. The quantitative estimate of drug-likeness (QED) is 0.704. The first kappa shape index (κ1) is 19.1. The monoisotopic (exact) mass is 364 g/mol. The number of hydrogen-bond acceptors (Lipinski definition) is 3. The second-order valence-corrected chi connectivity index (χ2v) is 7.30. The Morgan fingerprint density at radius 1 is 1.04 bits per heavy atom. The molecule has 0 atom stereocenters. The van der Waals surface area contributed by atoms with Crippen LogP contribution >= 0.6 is 0 Å². The largest absolute Gasteiger partial charge is 0.356 e. The van der Waals surface area contributed by atoms with E-state index < -0.39 is 10.0 Å². The number of benzene rings is 2. The van der Waals surface area contributed by atoms with Gasteiger partial charge in [-0.3, -0.25) is 4.79 Å². The Hall–Kier alpha value is -2.25. The van der Waals surface area contributed by atoms with Crippen molar-refractivity contribution >= 4 is 15.9 Å². The SMILES string of the molecule is NS(=O)(=O)c1ccc(CCCNC(=O)CCc2ccccc2F)cc1. The lowest BCUT2D eigenvalue weighted by molar-refractivity contribution is -0.121. The van der Waals surface area contributed by atoms with Crippen molar-refractivity contribution < 1.29 is 17.6 Å². The Morgan fingerprint density at radius 3 is 2.36 bits per heavy atom. The Labute approximate surface area is 147 Å². The summed E-state index contributed by atoms with van der Waals surface area (Å²) in [5.41, 5.74) is 1.50. The molecule has 7 heteroatoms. The number of nitrogens with one attached hydrogen (secondary N) is 1. The van der Waals surface area contributed by atoms with Crippen molar-refractivity contribution in [3.05, 3.63) is 65.5 Å². The molecule has 0 saturated heterocycles. The first-order chi connectivity index (χ1) is 11.9. The predicted molar refractivity (Wildman–Crippen MR) is 93.9 cm³/mol. The first-order valence-electron chi connectivity index (χ1n) is 7.98. The summed E-state index contributed by atoms with van der Waals surface area (Å²) in [5, 5.41) is 7.84. The number of carbonyl (C=O) groups is 1. The van der Waals surface area contributed by atoms with Crippen molar-refractivity contribution in [2.45, 2.75) is 30.6 Å². The number of primary sulfonamides is 1. The van der Waals surface area contributed by atoms with Gasteiger partial charge in [0.2, 0.25) is 15.9 Å². The Morgan fingerprint density at radius 2 is 1.72 bits per heavy atom. The lowest BCUT2D eigenvalue weighted by Crippen LogP contribution is -2.25. The molecule has 0 spiro atoms. The average Bonchev–Trinajstić information content (AvgIpc) is 2.57. The zero-order valence-electron chi connectivity index (χ0n) is 13.7. The van der Waals surface area contributed by atoms with E-state index in [4.69, 9.17) is 5.14 Å². The van der Waals surface area contributed by atoms with Gasteiger partial charge in [-0.1, -0.05) is 30.3 Å².